The molecule has 0 radical (unpaired) electrons. The highest BCUT2D eigenvalue weighted by atomic mass is 19.3. The molecule has 1 heterocycles. The second-order valence-electron chi connectivity index (χ2n) is 3.46. The van der Waals surface area contributed by atoms with Gasteiger partial charge in [-0.25, -0.2) is 4.79 Å². The number of fused-ring (bicyclic) bond motifs is 1. The summed E-state index contributed by atoms with van der Waals surface area (Å²) in [4.78, 5) is 11.4. The number of aromatic nitrogens is 2. The minimum atomic E-state index is -2.81. The Kier molecular flexibility index (Phi) is 3.14. The van der Waals surface area contributed by atoms with Gasteiger partial charge in [-0.3, -0.25) is 0 Å². The highest BCUT2D eigenvalue weighted by molar-refractivity contribution is 5.96. The highest BCUT2D eigenvalue weighted by Crippen LogP contribution is 2.30. The Balaban J connectivity index is 2.64. The number of methoxy groups -OCH3 is 2. The van der Waals surface area contributed by atoms with Crippen LogP contribution in [0.1, 0.15) is 16.9 Å². The molecular formula is C11H10F2N2O3. The zero-order valence-electron chi connectivity index (χ0n) is 9.68. The van der Waals surface area contributed by atoms with Crippen LogP contribution in [0.15, 0.2) is 18.2 Å². The van der Waals surface area contributed by atoms with Crippen LogP contribution in [-0.2, 0) is 4.74 Å². The molecule has 1 aromatic carbocycles. The summed E-state index contributed by atoms with van der Waals surface area (Å²) in [6, 6.07) is 4.32. The minimum Gasteiger partial charge on any atom is -0.481 e. The lowest BCUT2D eigenvalue weighted by Crippen LogP contribution is -2.02. The first-order valence-corrected chi connectivity index (χ1v) is 5.01. The third-order valence-corrected chi connectivity index (χ3v) is 2.45. The Morgan fingerprint density at radius 3 is 2.67 bits per heavy atom. The number of hydrogen-bond donors (Lipinski definition) is 0. The summed E-state index contributed by atoms with van der Waals surface area (Å²) >= 11 is 0. The third-order valence-electron chi connectivity index (χ3n) is 2.45. The van der Waals surface area contributed by atoms with Gasteiger partial charge in [0.15, 0.2) is 0 Å². The molecule has 0 aliphatic rings. The monoisotopic (exact) mass is 256 g/mol. The molecule has 0 spiro atoms. The van der Waals surface area contributed by atoms with Crippen LogP contribution in [-0.4, -0.2) is 30.0 Å². The molecule has 5 nitrogen and oxygen atoms in total. The fraction of sp³-hybridized carbons (Fsp3) is 0.273. The van der Waals surface area contributed by atoms with Gasteiger partial charge in [-0.05, 0) is 18.2 Å². The molecule has 96 valence electrons. The molecule has 18 heavy (non-hydrogen) atoms. The second-order valence-corrected chi connectivity index (χ2v) is 3.46. The number of esters is 1. The summed E-state index contributed by atoms with van der Waals surface area (Å²) in [5.74, 6) is -0.644. The smallest absolute Gasteiger partial charge is 0.337 e. The van der Waals surface area contributed by atoms with Crippen LogP contribution in [0.3, 0.4) is 0 Å². The van der Waals surface area contributed by atoms with Crippen molar-refractivity contribution in [2.75, 3.05) is 14.2 Å². The van der Waals surface area contributed by atoms with E-state index in [1.807, 2.05) is 0 Å². The number of carbonyl (C=O) groups is 1. The number of rotatable bonds is 3. The largest absolute Gasteiger partial charge is 0.481 e. The fourth-order valence-corrected chi connectivity index (χ4v) is 1.66. The van der Waals surface area contributed by atoms with Gasteiger partial charge < -0.3 is 9.47 Å². The summed E-state index contributed by atoms with van der Waals surface area (Å²) in [5.41, 5.74) is 0.567. The van der Waals surface area contributed by atoms with E-state index in [1.54, 1.807) is 0 Å². The van der Waals surface area contributed by atoms with Gasteiger partial charge >= 0.3 is 12.5 Å². The van der Waals surface area contributed by atoms with Crippen molar-refractivity contribution in [3.05, 3.63) is 23.8 Å². The predicted octanol–water partition coefficient (Wildman–Crippen LogP) is 2.23. The van der Waals surface area contributed by atoms with Gasteiger partial charge in [-0.15, -0.1) is 0 Å². The van der Waals surface area contributed by atoms with Crippen molar-refractivity contribution in [2.24, 2.45) is 0 Å². The molecule has 0 unspecified atom stereocenters. The molecule has 0 aliphatic heterocycles. The van der Waals surface area contributed by atoms with Crippen molar-refractivity contribution in [2.45, 2.75) is 6.55 Å². The van der Waals surface area contributed by atoms with Crippen LogP contribution in [0.5, 0.6) is 5.88 Å². The van der Waals surface area contributed by atoms with Crippen LogP contribution in [0.25, 0.3) is 10.9 Å². The molecule has 0 saturated carbocycles. The molecular weight excluding hydrogens is 246 g/mol. The van der Waals surface area contributed by atoms with E-state index in [0.717, 1.165) is 0 Å². The molecule has 0 atom stereocenters. The third kappa shape index (κ3) is 1.87. The first-order valence-electron chi connectivity index (χ1n) is 5.01. The van der Waals surface area contributed by atoms with E-state index < -0.39 is 12.5 Å². The van der Waals surface area contributed by atoms with Gasteiger partial charge in [-0.2, -0.15) is 18.6 Å². The van der Waals surface area contributed by atoms with Crippen molar-refractivity contribution in [1.29, 1.82) is 0 Å². The summed E-state index contributed by atoms with van der Waals surface area (Å²) < 4.78 is 35.3. The summed E-state index contributed by atoms with van der Waals surface area (Å²) in [7, 11) is 2.51. The molecule has 0 N–H and O–H groups in total. The second kappa shape index (κ2) is 4.59. The number of nitrogens with zero attached hydrogens (tertiary/aromatic N) is 2. The quantitative estimate of drug-likeness (QED) is 0.790. The number of carbonyl (C=O) groups excluding carboxylic acids is 1. The van der Waals surface area contributed by atoms with Crippen molar-refractivity contribution in [1.82, 2.24) is 9.78 Å². The zero-order chi connectivity index (χ0) is 13.3. The van der Waals surface area contributed by atoms with Gasteiger partial charge in [0.1, 0.15) is 0 Å². The number of halogens is 2. The van der Waals surface area contributed by atoms with E-state index >= 15 is 0 Å². The van der Waals surface area contributed by atoms with E-state index in [4.69, 9.17) is 4.74 Å². The van der Waals surface area contributed by atoms with Crippen LogP contribution in [0.4, 0.5) is 8.78 Å². The maximum atomic E-state index is 12.7. The average Bonchev–Trinajstić information content (AvgIpc) is 2.75. The van der Waals surface area contributed by atoms with E-state index in [-0.39, 0.29) is 11.4 Å². The Morgan fingerprint density at radius 2 is 2.11 bits per heavy atom. The van der Waals surface area contributed by atoms with E-state index in [9.17, 15) is 13.6 Å². The van der Waals surface area contributed by atoms with Crippen molar-refractivity contribution in [3.63, 3.8) is 0 Å². The maximum Gasteiger partial charge on any atom is 0.337 e. The van der Waals surface area contributed by atoms with Crippen LogP contribution in [0.2, 0.25) is 0 Å². The number of benzene rings is 1. The summed E-state index contributed by atoms with van der Waals surface area (Å²) in [5, 5.41) is 4.03. The molecule has 0 fully saturated rings. The topological polar surface area (TPSA) is 53.3 Å². The summed E-state index contributed by atoms with van der Waals surface area (Å²) in [6.45, 7) is -2.81. The minimum absolute atomic E-state index is 0.0919. The predicted molar refractivity (Wildman–Crippen MR) is 58.9 cm³/mol. The Labute approximate surface area is 101 Å². The lowest BCUT2D eigenvalue weighted by atomic mass is 10.1. The highest BCUT2D eigenvalue weighted by Gasteiger charge is 2.19. The average molecular weight is 256 g/mol. The first kappa shape index (κ1) is 12.3. The molecule has 0 bridgehead atoms. The molecule has 0 amide bonds. The van der Waals surface area contributed by atoms with Crippen molar-refractivity contribution < 1.29 is 23.0 Å². The maximum absolute atomic E-state index is 12.7. The van der Waals surface area contributed by atoms with E-state index in [0.29, 0.717) is 15.6 Å². The molecule has 0 saturated heterocycles. The molecule has 1 aromatic heterocycles. The van der Waals surface area contributed by atoms with Crippen LogP contribution in [0, 0.1) is 0 Å². The summed E-state index contributed by atoms with van der Waals surface area (Å²) in [6.07, 6.45) is 0. The van der Waals surface area contributed by atoms with E-state index in [1.165, 1.54) is 32.4 Å². The van der Waals surface area contributed by atoms with Gasteiger partial charge in [0.2, 0.25) is 5.88 Å². The Bertz CT molecular complexity index is 595. The van der Waals surface area contributed by atoms with Gasteiger partial charge in [0.25, 0.3) is 0 Å². The first-order chi connectivity index (χ1) is 8.58. The normalized spacial score (nSPS) is 10.9. The Hall–Kier alpha value is -2.18. The van der Waals surface area contributed by atoms with Gasteiger partial charge in [0, 0.05) is 0 Å². The van der Waals surface area contributed by atoms with Gasteiger partial charge in [0.05, 0.1) is 30.7 Å². The standard InChI is InChI=1S/C11H10F2N2O3/c1-17-9-7-5-6(10(16)18-2)3-4-8(7)14-15(9)11(12)13/h3-5,11H,1-2H3. The van der Waals surface area contributed by atoms with E-state index in [2.05, 4.69) is 9.84 Å². The molecule has 2 aromatic rings. The lowest BCUT2D eigenvalue weighted by Gasteiger charge is -2.04. The Morgan fingerprint density at radius 1 is 1.39 bits per heavy atom. The fourth-order valence-electron chi connectivity index (χ4n) is 1.66. The SMILES string of the molecule is COC(=O)c1ccc2nn(C(F)F)c(OC)c2c1. The van der Waals surface area contributed by atoms with Crippen LogP contribution >= 0.6 is 0 Å². The molecule has 0 aliphatic carbocycles. The van der Waals surface area contributed by atoms with Crippen LogP contribution < -0.4 is 4.74 Å². The number of ether oxygens (including phenoxy) is 2. The number of alkyl halides is 2. The molecule has 7 heteroatoms. The molecule has 2 rings (SSSR count). The van der Waals surface area contributed by atoms with Crippen molar-refractivity contribution in [3.8, 4) is 5.88 Å². The number of hydrogen-bond acceptors (Lipinski definition) is 4. The lowest BCUT2D eigenvalue weighted by molar-refractivity contribution is 0.0487. The zero-order valence-corrected chi connectivity index (χ0v) is 9.68. The van der Waals surface area contributed by atoms with Crippen molar-refractivity contribution >= 4 is 16.9 Å². The van der Waals surface area contributed by atoms with Gasteiger partial charge in [-0.1, -0.05) is 0 Å².